The second-order valence-electron chi connectivity index (χ2n) is 13.7. The molecule has 55 heavy (non-hydrogen) atoms. The number of carbonyl (C=O) groups is 1. The van der Waals surface area contributed by atoms with Crippen molar-refractivity contribution >= 4 is 33.8 Å². The predicted octanol–water partition coefficient (Wildman–Crippen LogP) is 6.39. The van der Waals surface area contributed by atoms with Gasteiger partial charge >= 0.3 is 11.8 Å². The molecule has 1 fully saturated rings. The first-order chi connectivity index (χ1) is 25.7. The Labute approximate surface area is 314 Å². The van der Waals surface area contributed by atoms with Crippen molar-refractivity contribution in [2.45, 2.75) is 69.9 Å². The average Bonchev–Trinajstić information content (AvgIpc) is 3.47. The summed E-state index contributed by atoms with van der Waals surface area (Å²) in [6.07, 6.45) is 2.95. The molecule has 14 heteroatoms. The van der Waals surface area contributed by atoms with Gasteiger partial charge in [-0.3, -0.25) is 24.1 Å². The lowest BCUT2D eigenvalue weighted by Crippen LogP contribution is -2.32. The van der Waals surface area contributed by atoms with Crippen LogP contribution >= 0.6 is 0 Å². The molecule has 2 aromatic heterocycles. The third-order valence-corrected chi connectivity index (χ3v) is 9.91. The zero-order valence-electron chi connectivity index (χ0n) is 30.0. The van der Waals surface area contributed by atoms with Crippen LogP contribution in [0, 0.1) is 0 Å². The van der Waals surface area contributed by atoms with Crippen LogP contribution in [0.3, 0.4) is 0 Å². The molecule has 12 nitrogen and oxygen atoms in total. The molecule has 0 bridgehead atoms. The largest absolute Gasteiger partial charge is 0.506 e. The Hall–Kier alpha value is -5.83. The van der Waals surface area contributed by atoms with Gasteiger partial charge in [-0.2, -0.15) is 0 Å². The third-order valence-electron chi connectivity index (χ3n) is 9.91. The highest BCUT2D eigenvalue weighted by atomic mass is 19.0. The summed E-state index contributed by atoms with van der Waals surface area (Å²) in [5.41, 5.74) is 12.1. The molecule has 0 aliphatic heterocycles. The van der Waals surface area contributed by atoms with Crippen LogP contribution in [0.5, 0.6) is 5.75 Å². The van der Waals surface area contributed by atoms with Gasteiger partial charge in [0.05, 0.1) is 22.8 Å². The van der Waals surface area contributed by atoms with E-state index < -0.39 is 18.0 Å². The van der Waals surface area contributed by atoms with Gasteiger partial charge in [-0.05, 0) is 91.1 Å². The molecule has 290 valence electrons. The molecular weight excluding hydrogens is 712 g/mol. The number of phenols is 1. The fourth-order valence-electron chi connectivity index (χ4n) is 7.10. The molecule has 0 radical (unpaired) electrons. The van der Waals surface area contributed by atoms with Gasteiger partial charge in [0.2, 0.25) is 5.56 Å². The number of amides is 1. The Morgan fingerprint density at radius 3 is 2.49 bits per heavy atom. The van der Waals surface area contributed by atoms with E-state index in [2.05, 4.69) is 15.6 Å². The van der Waals surface area contributed by atoms with Crippen LogP contribution in [0.15, 0.2) is 105 Å². The number of nitrogens with one attached hydrogen (secondary N) is 3. The van der Waals surface area contributed by atoms with Crippen LogP contribution in [0.25, 0.3) is 33.1 Å². The summed E-state index contributed by atoms with van der Waals surface area (Å²) < 4.78 is 12.9. The number of H-pyrrole nitrogens is 1. The summed E-state index contributed by atoms with van der Waals surface area (Å²) >= 11 is 0. The Balaban J connectivity index is 0.00000290. The van der Waals surface area contributed by atoms with Gasteiger partial charge in [-0.15, -0.1) is 0 Å². The highest BCUT2D eigenvalue weighted by Gasteiger charge is 2.22. The number of carbonyl (C=O) groups excluding carboxylic acids is 1. The number of hydrogen-bond donors (Lipinski definition) is 6. The number of aromatic amines is 1. The number of anilines is 1. The van der Waals surface area contributed by atoms with Gasteiger partial charge in [0, 0.05) is 42.7 Å². The zero-order chi connectivity index (χ0) is 36.9. The lowest BCUT2D eigenvalue weighted by Gasteiger charge is -2.26. The fraction of sp³-hybridized carbons (Fsp3) is 0.293. The molecule has 1 aliphatic rings. The SMILES string of the molecule is F.F.NC1CCC(OC(=O)Nc2cc(CCCn3c(=O)oc4ccc(CNC[C@H](O)c5ccc(O)c6[nH]c(=O)ccc56)cc43)ccc2-c2ccccc2)CC1. The molecule has 0 spiro atoms. The molecule has 7 N–H and O–H groups in total. The molecule has 4 aromatic carbocycles. The number of aromatic nitrogens is 2. The number of aliphatic hydroxyl groups excluding tert-OH is 1. The van der Waals surface area contributed by atoms with Crippen molar-refractivity contribution in [3.8, 4) is 16.9 Å². The molecule has 0 unspecified atom stereocenters. The monoisotopic (exact) mass is 757 g/mol. The van der Waals surface area contributed by atoms with Crippen molar-refractivity contribution in [1.29, 1.82) is 0 Å². The highest BCUT2D eigenvalue weighted by molar-refractivity contribution is 5.92. The minimum atomic E-state index is -0.903. The molecule has 7 rings (SSSR count). The van der Waals surface area contributed by atoms with Gasteiger partial charge in [0.15, 0.2) is 5.58 Å². The number of aliphatic hydroxyl groups is 1. The van der Waals surface area contributed by atoms with Crippen LogP contribution in [-0.2, 0) is 24.2 Å². The maximum Gasteiger partial charge on any atom is 0.419 e. The maximum atomic E-state index is 13.0. The highest BCUT2D eigenvalue weighted by Crippen LogP contribution is 2.31. The summed E-state index contributed by atoms with van der Waals surface area (Å²) in [5.74, 6) is -0.507. The quantitative estimate of drug-likeness (QED) is 0.0824. The Morgan fingerprint density at radius 1 is 0.945 bits per heavy atom. The summed E-state index contributed by atoms with van der Waals surface area (Å²) in [6, 6.07) is 27.6. The van der Waals surface area contributed by atoms with Crippen molar-refractivity contribution in [2.75, 3.05) is 11.9 Å². The molecule has 1 aliphatic carbocycles. The van der Waals surface area contributed by atoms with Gasteiger partial charge in [0.1, 0.15) is 11.9 Å². The van der Waals surface area contributed by atoms with E-state index >= 15 is 0 Å². The first-order valence-electron chi connectivity index (χ1n) is 18.0. The van der Waals surface area contributed by atoms with E-state index in [1.54, 1.807) is 22.8 Å². The van der Waals surface area contributed by atoms with Crippen molar-refractivity contribution in [3.05, 3.63) is 129 Å². The molecule has 1 atom stereocenters. The fourth-order valence-corrected chi connectivity index (χ4v) is 7.10. The number of hydrogen-bond acceptors (Lipinski definition) is 9. The number of aryl methyl sites for hydroxylation is 2. The molecule has 6 aromatic rings. The van der Waals surface area contributed by atoms with E-state index in [9.17, 15) is 24.6 Å². The van der Waals surface area contributed by atoms with Crippen molar-refractivity contribution in [1.82, 2.24) is 14.9 Å². The van der Waals surface area contributed by atoms with Crippen LogP contribution in [0.2, 0.25) is 0 Å². The normalized spacial score (nSPS) is 15.9. The lowest BCUT2D eigenvalue weighted by atomic mass is 9.94. The number of rotatable bonds is 12. The van der Waals surface area contributed by atoms with Crippen LogP contribution < -0.4 is 27.7 Å². The van der Waals surface area contributed by atoms with E-state index in [-0.39, 0.29) is 44.9 Å². The number of ether oxygens (including phenoxy) is 1. The number of pyridine rings is 1. The third kappa shape index (κ3) is 9.46. The predicted molar refractivity (Wildman–Crippen MR) is 209 cm³/mol. The van der Waals surface area contributed by atoms with E-state index in [0.29, 0.717) is 53.7 Å². The van der Waals surface area contributed by atoms with Gasteiger partial charge in [-0.25, -0.2) is 9.59 Å². The van der Waals surface area contributed by atoms with E-state index in [0.717, 1.165) is 47.9 Å². The Kier molecular flexibility index (Phi) is 13.2. The van der Waals surface area contributed by atoms with Crippen molar-refractivity contribution in [2.24, 2.45) is 5.73 Å². The first-order valence-corrected chi connectivity index (χ1v) is 18.0. The van der Waals surface area contributed by atoms with E-state index in [1.165, 1.54) is 12.1 Å². The van der Waals surface area contributed by atoms with Crippen molar-refractivity contribution < 1.29 is 33.6 Å². The Morgan fingerprint density at radius 2 is 1.71 bits per heavy atom. The lowest BCUT2D eigenvalue weighted by molar-refractivity contribution is 0.0826. The summed E-state index contributed by atoms with van der Waals surface area (Å²) in [4.78, 5) is 40.3. The standard InChI is InChI=1S/C41H43N5O7.2FH/c42-28-10-12-29(13-11-28)52-40(50)44-33-21-25(8-14-30(33)27-6-2-1-3-7-27)5-4-20-46-34-22-26(9-18-37(34)53-41(46)51)23-43-24-36(48)31-15-17-35(47)39-32(31)16-19-38(49)45-39;;/h1-3,6-9,14-19,21-22,28-29,36,43,47-48H,4-5,10-13,20,23-24,42H2,(H,44,50)(H,45,49);2*1H/t28?,29?,36-;;/m0../s1. The van der Waals surface area contributed by atoms with Crippen LogP contribution in [0.1, 0.15) is 54.9 Å². The number of nitrogens with two attached hydrogens (primary N) is 1. The zero-order valence-corrected chi connectivity index (χ0v) is 30.0. The smallest absolute Gasteiger partial charge is 0.419 e. The van der Waals surface area contributed by atoms with Gasteiger partial charge in [0.25, 0.3) is 0 Å². The molecule has 2 heterocycles. The summed E-state index contributed by atoms with van der Waals surface area (Å²) in [6.45, 7) is 1.05. The number of fused-ring (bicyclic) bond motifs is 2. The maximum absolute atomic E-state index is 13.0. The number of nitrogens with zero attached hydrogens (tertiary/aromatic N) is 1. The van der Waals surface area contributed by atoms with Crippen LogP contribution in [-0.4, -0.2) is 44.5 Å². The number of halogens is 2. The average molecular weight is 758 g/mol. The van der Waals surface area contributed by atoms with Crippen LogP contribution in [0.4, 0.5) is 19.9 Å². The Bertz CT molecular complexity index is 2350. The summed E-state index contributed by atoms with van der Waals surface area (Å²) in [7, 11) is 0. The van der Waals surface area contributed by atoms with Gasteiger partial charge < -0.3 is 35.4 Å². The van der Waals surface area contributed by atoms with E-state index in [4.69, 9.17) is 14.9 Å². The first kappa shape index (κ1) is 40.4. The number of phenolic OH excluding ortho intramolecular Hbond substituents is 1. The minimum absolute atomic E-state index is 0. The van der Waals surface area contributed by atoms with E-state index in [1.807, 2.05) is 60.7 Å². The second kappa shape index (κ2) is 18.0. The molecule has 1 saturated carbocycles. The second-order valence-corrected chi connectivity index (χ2v) is 13.7. The minimum Gasteiger partial charge on any atom is -0.506 e. The number of oxazole rings is 1. The van der Waals surface area contributed by atoms with Gasteiger partial charge in [-0.1, -0.05) is 54.6 Å². The summed E-state index contributed by atoms with van der Waals surface area (Å²) in [5, 5.41) is 27.9. The molecular formula is C41H45F2N5O7. The number of aromatic hydroxyl groups is 1. The molecule has 1 amide bonds. The van der Waals surface area contributed by atoms with Crippen molar-refractivity contribution in [3.63, 3.8) is 0 Å². The topological polar surface area (TPSA) is 185 Å². The number of benzene rings is 4. The molecule has 0 saturated heterocycles.